The van der Waals surface area contributed by atoms with Crippen molar-refractivity contribution in [2.24, 2.45) is 4.99 Å². The van der Waals surface area contributed by atoms with E-state index in [1.807, 2.05) is 0 Å². The smallest absolute Gasteiger partial charge is 0.254 e. The van der Waals surface area contributed by atoms with Crippen LogP contribution in [-0.4, -0.2) is 67.0 Å². The highest BCUT2D eigenvalue weighted by Gasteiger charge is 2.38. The van der Waals surface area contributed by atoms with Crippen LogP contribution in [0.15, 0.2) is 102 Å². The van der Waals surface area contributed by atoms with Gasteiger partial charge in [0.05, 0.1) is 0 Å². The van der Waals surface area contributed by atoms with E-state index in [0.717, 1.165) is 55.6 Å². The van der Waals surface area contributed by atoms with Crippen LogP contribution in [0.4, 0.5) is 5.69 Å². The number of nitrogens with zero attached hydrogens (tertiary/aromatic N) is 3. The summed E-state index contributed by atoms with van der Waals surface area (Å²) in [6.07, 6.45) is 23.0. The molecule has 0 saturated heterocycles. The Morgan fingerprint density at radius 3 is 2.20 bits per heavy atom. The maximum Gasteiger partial charge on any atom is 0.254 e. The number of hydrogen-bond acceptors (Lipinski definition) is 6. The predicted octanol–water partition coefficient (Wildman–Crippen LogP) is 9.36. The third-order valence-electron chi connectivity index (χ3n) is 11.7. The van der Waals surface area contributed by atoms with Gasteiger partial charge in [0, 0.05) is 73.2 Å². The van der Waals surface area contributed by atoms with Gasteiger partial charge in [-0.2, -0.15) is 0 Å². The predicted molar refractivity (Wildman–Crippen MR) is 243 cm³/mol. The maximum atomic E-state index is 13.0. The van der Waals surface area contributed by atoms with E-state index in [1.165, 1.54) is 46.6 Å². The van der Waals surface area contributed by atoms with Gasteiger partial charge in [-0.25, -0.2) is 0 Å². The molecule has 59 heavy (non-hydrogen) atoms. The zero-order valence-electron chi connectivity index (χ0n) is 36.8. The Balaban J connectivity index is 1.23. The van der Waals surface area contributed by atoms with Crippen LogP contribution in [0.5, 0.6) is 0 Å². The molecule has 9 nitrogen and oxygen atoms in total. The first-order valence-electron chi connectivity index (χ1n) is 21.9. The van der Waals surface area contributed by atoms with Gasteiger partial charge >= 0.3 is 0 Å². The number of benzene rings is 2. The van der Waals surface area contributed by atoms with E-state index in [1.54, 1.807) is 0 Å². The summed E-state index contributed by atoms with van der Waals surface area (Å²) in [7, 11) is 2.13. The van der Waals surface area contributed by atoms with E-state index in [9.17, 15) is 19.2 Å². The Kier molecular flexibility index (Phi) is 18.1. The molecule has 0 bridgehead atoms. The average Bonchev–Trinajstić information content (AvgIpc) is 3.64. The first kappa shape index (κ1) is 46.6. The summed E-state index contributed by atoms with van der Waals surface area (Å²) in [5, 5.41) is 5.92. The fourth-order valence-corrected chi connectivity index (χ4v) is 8.24. The third kappa shape index (κ3) is 13.0. The van der Waals surface area contributed by atoms with E-state index < -0.39 is 17.9 Å². The normalized spacial score (nSPS) is 16.5. The summed E-state index contributed by atoms with van der Waals surface area (Å²) >= 11 is 0. The Labute approximate surface area is 354 Å². The number of carbonyl (C=O) groups excluding carboxylic acids is 4. The number of aliphatic imine (C=N–C) groups is 1. The van der Waals surface area contributed by atoms with Gasteiger partial charge in [0.1, 0.15) is 6.04 Å². The van der Waals surface area contributed by atoms with E-state index in [-0.39, 0.29) is 22.6 Å². The number of aryl methyl sites for hydroxylation is 1. The van der Waals surface area contributed by atoms with Crippen molar-refractivity contribution < 1.29 is 19.2 Å². The van der Waals surface area contributed by atoms with Crippen LogP contribution in [0, 0.1) is 6.92 Å². The van der Waals surface area contributed by atoms with Gasteiger partial charge < -0.3 is 15.5 Å². The quantitative estimate of drug-likeness (QED) is 0.0476. The van der Waals surface area contributed by atoms with Gasteiger partial charge in [-0.1, -0.05) is 127 Å². The highest BCUT2D eigenvalue weighted by Crippen LogP contribution is 2.46. The van der Waals surface area contributed by atoms with E-state index in [0.29, 0.717) is 45.3 Å². The van der Waals surface area contributed by atoms with Crippen LogP contribution < -0.4 is 15.5 Å². The maximum absolute atomic E-state index is 13.0. The SMILES string of the molecule is CCCCCCCNC(=O)C(CCCCNC(=O)CCCCCN=C(/C=C/C=C/C=C1\N(C)c2ccccc2C1(C)C)C(C)(C)c1ccccc1C)N1C(=O)C=CC1=O. The number of anilines is 1. The fraction of sp³-hybridized carbons (Fsp3) is 0.500. The van der Waals surface area contributed by atoms with Crippen LogP contribution in [0.3, 0.4) is 0 Å². The lowest BCUT2D eigenvalue weighted by Gasteiger charge is -2.28. The monoisotopic (exact) mass is 804 g/mol. The fourth-order valence-electron chi connectivity index (χ4n) is 8.24. The zero-order valence-corrected chi connectivity index (χ0v) is 36.8. The molecule has 0 aliphatic carbocycles. The summed E-state index contributed by atoms with van der Waals surface area (Å²) in [4.78, 5) is 58.9. The lowest BCUT2D eigenvalue weighted by Crippen LogP contribution is -2.49. The second-order valence-electron chi connectivity index (χ2n) is 17.0. The zero-order chi connectivity index (χ0) is 42.8. The van der Waals surface area contributed by atoms with Crippen LogP contribution in [-0.2, 0) is 30.0 Å². The molecule has 1 unspecified atom stereocenters. The largest absolute Gasteiger partial charge is 0.356 e. The van der Waals surface area contributed by atoms with Crippen molar-refractivity contribution in [2.45, 2.75) is 135 Å². The van der Waals surface area contributed by atoms with Crippen LogP contribution in [0.1, 0.15) is 128 Å². The van der Waals surface area contributed by atoms with Crippen molar-refractivity contribution in [2.75, 3.05) is 31.6 Å². The number of unbranched alkanes of at least 4 members (excludes halogenated alkanes) is 7. The van der Waals surface area contributed by atoms with Gasteiger partial charge in [0.15, 0.2) is 0 Å². The second kappa shape index (κ2) is 22.9. The molecule has 0 fully saturated rings. The van der Waals surface area contributed by atoms with E-state index in [4.69, 9.17) is 4.99 Å². The van der Waals surface area contributed by atoms with E-state index >= 15 is 0 Å². The summed E-state index contributed by atoms with van der Waals surface area (Å²) in [6, 6.07) is 16.2. The average molecular weight is 804 g/mol. The molecule has 9 heteroatoms. The van der Waals surface area contributed by atoms with Crippen molar-refractivity contribution >= 4 is 35.0 Å². The molecule has 0 radical (unpaired) electrons. The van der Waals surface area contributed by atoms with Crippen molar-refractivity contribution in [3.63, 3.8) is 0 Å². The molecule has 318 valence electrons. The Hall–Kier alpha value is -5.05. The van der Waals surface area contributed by atoms with Crippen LogP contribution in [0.25, 0.3) is 0 Å². The molecule has 2 aliphatic heterocycles. The third-order valence-corrected chi connectivity index (χ3v) is 11.7. The Bertz CT molecular complexity index is 1880. The van der Waals surface area contributed by atoms with Crippen LogP contribution >= 0.6 is 0 Å². The number of rotatable bonds is 24. The minimum absolute atomic E-state index is 0.00194. The van der Waals surface area contributed by atoms with Gasteiger partial charge in [0.2, 0.25) is 11.8 Å². The Morgan fingerprint density at radius 1 is 0.814 bits per heavy atom. The number of imide groups is 1. The molecule has 0 aromatic heterocycles. The molecule has 2 N–H and O–H groups in total. The molecule has 4 rings (SSSR count). The topological polar surface area (TPSA) is 111 Å². The Morgan fingerprint density at radius 2 is 1.47 bits per heavy atom. The van der Waals surface area contributed by atoms with Crippen molar-refractivity contribution in [3.8, 4) is 0 Å². The van der Waals surface area contributed by atoms with Crippen LogP contribution in [0.2, 0.25) is 0 Å². The van der Waals surface area contributed by atoms with E-state index in [2.05, 4.69) is 143 Å². The van der Waals surface area contributed by atoms with Gasteiger partial charge in [0.25, 0.3) is 11.8 Å². The number of amides is 4. The molecule has 2 aliphatic rings. The van der Waals surface area contributed by atoms with Crippen molar-refractivity contribution in [1.29, 1.82) is 0 Å². The summed E-state index contributed by atoms with van der Waals surface area (Å²) < 4.78 is 0. The summed E-state index contributed by atoms with van der Waals surface area (Å²) in [5.74, 6) is -1.20. The first-order chi connectivity index (χ1) is 28.3. The van der Waals surface area contributed by atoms with Gasteiger partial charge in [-0.15, -0.1) is 0 Å². The van der Waals surface area contributed by atoms with Gasteiger partial charge in [-0.3, -0.25) is 29.1 Å². The summed E-state index contributed by atoms with van der Waals surface area (Å²) in [5.41, 5.74) is 6.98. The molecule has 0 saturated carbocycles. The molecule has 0 spiro atoms. The molecule has 4 amide bonds. The number of hydrogen-bond donors (Lipinski definition) is 2. The standard InChI is InChI=1S/C50H69N5O4/c1-8-9-10-11-22-37-53-48(59)42(55-46(57)33-34-47(55)58)29-21-24-36-52-45(56)32-16-13-23-35-51-43(49(3,4)39-26-18-17-25-38(39)2)30-14-12-15-31-44-50(5,6)40-27-19-20-28-41(40)54(44)7/h12,14-15,17-20,25-28,30-31,33-34,42H,8-11,13,16,21-24,29,32,35-37H2,1-7H3,(H,52,56)(H,53,59)/b15-12+,30-14+,44-31-,51-43?. The number of fused-ring (bicyclic) bond motifs is 1. The number of allylic oxidation sites excluding steroid dienone is 6. The van der Waals surface area contributed by atoms with Gasteiger partial charge in [-0.05, 0) is 80.4 Å². The van der Waals surface area contributed by atoms with Crippen molar-refractivity contribution in [3.05, 3.63) is 113 Å². The molecular weight excluding hydrogens is 735 g/mol. The molecular formula is C50H69N5O4. The lowest BCUT2D eigenvalue weighted by molar-refractivity contribution is -0.145. The lowest BCUT2D eigenvalue weighted by atomic mass is 9.77. The highest BCUT2D eigenvalue weighted by atomic mass is 16.2. The minimum Gasteiger partial charge on any atom is -0.356 e. The number of carbonyl (C=O) groups is 4. The number of para-hydroxylation sites is 1. The molecule has 2 heterocycles. The second-order valence-corrected chi connectivity index (χ2v) is 17.0. The molecule has 1 atom stereocenters. The highest BCUT2D eigenvalue weighted by molar-refractivity contribution is 6.15. The summed E-state index contributed by atoms with van der Waals surface area (Å²) in [6.45, 7) is 15.0. The minimum atomic E-state index is -0.845. The number of likely N-dealkylation sites (N-methyl/N-ethyl adjacent to an activating group) is 1. The number of nitrogens with one attached hydrogen (secondary N) is 2. The molecule has 2 aromatic carbocycles. The van der Waals surface area contributed by atoms with Crippen molar-refractivity contribution in [1.82, 2.24) is 15.5 Å². The molecule has 2 aromatic rings. The first-order valence-corrected chi connectivity index (χ1v) is 21.9.